The Morgan fingerprint density at radius 3 is 2.62 bits per heavy atom. The van der Waals surface area contributed by atoms with Gasteiger partial charge in [0.1, 0.15) is 23.5 Å². The Hall–Kier alpha value is -1.85. The van der Waals surface area contributed by atoms with Crippen LogP contribution in [-0.2, 0) is 5.33 Å². The molecule has 0 heterocycles. The molecule has 0 saturated carbocycles. The van der Waals surface area contributed by atoms with E-state index in [1.807, 2.05) is 0 Å². The van der Waals surface area contributed by atoms with Crippen molar-refractivity contribution < 1.29 is 4.39 Å². The van der Waals surface area contributed by atoms with Crippen LogP contribution in [0.1, 0.15) is 5.56 Å². The van der Waals surface area contributed by atoms with Crippen LogP contribution in [0, 0.1) is 28.5 Å². The number of alkyl halides is 1. The number of hydrogen-bond donors (Lipinski definition) is 1. The predicted octanol–water partition coefficient (Wildman–Crippen LogP) is 3.06. The van der Waals surface area contributed by atoms with E-state index in [2.05, 4.69) is 21.2 Å². The fourth-order valence-corrected chi connectivity index (χ4v) is 1.35. The van der Waals surface area contributed by atoms with Gasteiger partial charge in [0, 0.05) is 11.5 Å². The maximum Gasteiger partial charge on any atom is 0.146 e. The average Bonchev–Trinajstić information content (AvgIpc) is 2.32. The summed E-state index contributed by atoms with van der Waals surface area (Å²) in [5, 5.41) is 20.1. The van der Waals surface area contributed by atoms with Crippen molar-refractivity contribution in [3.05, 3.63) is 41.4 Å². The second-order valence-electron chi connectivity index (χ2n) is 2.87. The van der Waals surface area contributed by atoms with Crippen LogP contribution in [0.5, 0.6) is 0 Å². The molecule has 0 saturated heterocycles. The van der Waals surface area contributed by atoms with Crippen LogP contribution in [0.4, 0.5) is 10.1 Å². The first kappa shape index (κ1) is 12.2. The molecule has 1 aromatic rings. The molecule has 80 valence electrons. The first-order valence-corrected chi connectivity index (χ1v) is 5.44. The van der Waals surface area contributed by atoms with Crippen LogP contribution >= 0.6 is 15.9 Å². The summed E-state index contributed by atoms with van der Waals surface area (Å²) in [4.78, 5) is 0. The smallest absolute Gasteiger partial charge is 0.146 e. The monoisotopic (exact) mass is 279 g/mol. The zero-order valence-electron chi connectivity index (χ0n) is 8.17. The predicted molar refractivity (Wildman–Crippen MR) is 62.0 cm³/mol. The highest BCUT2D eigenvalue weighted by molar-refractivity contribution is 9.08. The van der Waals surface area contributed by atoms with Gasteiger partial charge in [-0.15, -0.1) is 0 Å². The lowest BCUT2D eigenvalue weighted by Gasteiger charge is -2.03. The van der Waals surface area contributed by atoms with Gasteiger partial charge in [0.2, 0.25) is 0 Å². The Bertz CT molecular complexity index is 481. The number of rotatable bonds is 3. The van der Waals surface area contributed by atoms with Gasteiger partial charge in [-0.3, -0.25) is 0 Å². The summed E-state index contributed by atoms with van der Waals surface area (Å²) in [7, 11) is 0. The third-order valence-electron chi connectivity index (χ3n) is 1.80. The van der Waals surface area contributed by atoms with E-state index in [0.717, 1.165) is 5.56 Å². The van der Waals surface area contributed by atoms with Crippen molar-refractivity contribution in [1.82, 2.24) is 0 Å². The summed E-state index contributed by atoms with van der Waals surface area (Å²) >= 11 is 3.22. The standard InChI is InChI=1S/C11H7BrFN3/c12-4-8-1-2-11(10(13)3-8)16-7-9(5-14)6-15/h1-3,7,16H,4H2. The highest BCUT2D eigenvalue weighted by atomic mass is 79.9. The third-order valence-corrected chi connectivity index (χ3v) is 2.45. The topological polar surface area (TPSA) is 59.6 Å². The quantitative estimate of drug-likeness (QED) is 0.683. The van der Waals surface area contributed by atoms with Crippen molar-refractivity contribution >= 4 is 21.6 Å². The molecule has 0 radical (unpaired) electrons. The normalized spacial score (nSPS) is 8.75. The number of benzene rings is 1. The molecular weight excluding hydrogens is 273 g/mol. The molecule has 3 nitrogen and oxygen atoms in total. The number of hydrogen-bond acceptors (Lipinski definition) is 3. The average molecular weight is 280 g/mol. The second-order valence-corrected chi connectivity index (χ2v) is 3.43. The zero-order chi connectivity index (χ0) is 12.0. The minimum Gasteiger partial charge on any atom is -0.357 e. The molecule has 0 bridgehead atoms. The molecule has 1 N–H and O–H groups in total. The van der Waals surface area contributed by atoms with Gasteiger partial charge < -0.3 is 5.32 Å². The van der Waals surface area contributed by atoms with Crippen LogP contribution in [-0.4, -0.2) is 0 Å². The van der Waals surface area contributed by atoms with E-state index >= 15 is 0 Å². The summed E-state index contributed by atoms with van der Waals surface area (Å²) in [6.07, 6.45) is 1.17. The van der Waals surface area contributed by atoms with Crippen molar-refractivity contribution in [2.24, 2.45) is 0 Å². The minimum atomic E-state index is -0.427. The van der Waals surface area contributed by atoms with Crippen molar-refractivity contribution in [1.29, 1.82) is 10.5 Å². The maximum absolute atomic E-state index is 13.4. The van der Waals surface area contributed by atoms with Gasteiger partial charge >= 0.3 is 0 Å². The van der Waals surface area contributed by atoms with Gasteiger partial charge in [0.05, 0.1) is 5.69 Å². The Morgan fingerprint density at radius 2 is 2.12 bits per heavy atom. The minimum absolute atomic E-state index is 0.107. The van der Waals surface area contributed by atoms with Crippen molar-refractivity contribution in [3.63, 3.8) is 0 Å². The van der Waals surface area contributed by atoms with Crippen LogP contribution in [0.25, 0.3) is 0 Å². The highest BCUT2D eigenvalue weighted by Crippen LogP contribution is 2.17. The molecule has 16 heavy (non-hydrogen) atoms. The van der Waals surface area contributed by atoms with E-state index in [0.29, 0.717) is 5.33 Å². The van der Waals surface area contributed by atoms with Gasteiger partial charge in [-0.05, 0) is 17.7 Å². The molecule has 0 aromatic heterocycles. The Labute approximate surface area is 101 Å². The maximum atomic E-state index is 13.4. The summed E-state index contributed by atoms with van der Waals surface area (Å²) < 4.78 is 13.4. The largest absolute Gasteiger partial charge is 0.357 e. The molecule has 5 heteroatoms. The van der Waals surface area contributed by atoms with Crippen molar-refractivity contribution in [3.8, 4) is 12.1 Å². The lowest BCUT2D eigenvalue weighted by Crippen LogP contribution is -1.94. The molecule has 0 aliphatic heterocycles. The lowest BCUT2D eigenvalue weighted by atomic mass is 10.2. The van der Waals surface area contributed by atoms with Crippen LogP contribution in [0.15, 0.2) is 30.0 Å². The van der Waals surface area contributed by atoms with Gasteiger partial charge in [-0.2, -0.15) is 10.5 Å². The summed E-state index contributed by atoms with van der Waals surface area (Å²) in [6.45, 7) is 0. The van der Waals surface area contributed by atoms with E-state index in [1.54, 1.807) is 24.3 Å². The van der Waals surface area contributed by atoms with Crippen molar-refractivity contribution in [2.45, 2.75) is 5.33 Å². The molecule has 0 unspecified atom stereocenters. The van der Waals surface area contributed by atoms with E-state index in [9.17, 15) is 4.39 Å². The summed E-state index contributed by atoms with van der Waals surface area (Å²) in [5.74, 6) is -0.427. The molecule has 0 aliphatic carbocycles. The highest BCUT2D eigenvalue weighted by Gasteiger charge is 2.01. The van der Waals surface area contributed by atoms with Gasteiger partial charge in [-0.25, -0.2) is 4.39 Å². The molecule has 1 rings (SSSR count). The summed E-state index contributed by atoms with van der Waals surface area (Å²) in [5.41, 5.74) is 0.935. The first-order chi connectivity index (χ1) is 7.71. The molecule has 0 aliphatic rings. The molecule has 1 aromatic carbocycles. The number of halogens is 2. The Kier molecular flexibility index (Phi) is 4.50. The number of nitriles is 2. The fourth-order valence-electron chi connectivity index (χ4n) is 0.998. The lowest BCUT2D eigenvalue weighted by molar-refractivity contribution is 0.630. The summed E-state index contributed by atoms with van der Waals surface area (Å²) in [6, 6.07) is 8.01. The Balaban J connectivity index is 2.88. The number of nitrogens with one attached hydrogen (secondary N) is 1. The van der Waals surface area contributed by atoms with E-state index in [4.69, 9.17) is 10.5 Å². The molecule has 0 amide bonds. The molecule has 0 atom stereocenters. The van der Waals surface area contributed by atoms with E-state index in [1.165, 1.54) is 12.3 Å². The van der Waals surface area contributed by atoms with E-state index in [-0.39, 0.29) is 11.3 Å². The first-order valence-electron chi connectivity index (χ1n) is 4.32. The SMILES string of the molecule is N#CC(C#N)=CNc1ccc(CBr)cc1F. The third kappa shape index (κ3) is 3.08. The fraction of sp³-hybridized carbons (Fsp3) is 0.0909. The van der Waals surface area contributed by atoms with Crippen molar-refractivity contribution in [2.75, 3.05) is 5.32 Å². The number of anilines is 1. The zero-order valence-corrected chi connectivity index (χ0v) is 9.75. The van der Waals surface area contributed by atoms with E-state index < -0.39 is 5.82 Å². The van der Waals surface area contributed by atoms with Gasteiger partial charge in [0.15, 0.2) is 0 Å². The van der Waals surface area contributed by atoms with Crippen LogP contribution < -0.4 is 5.32 Å². The molecular formula is C11H7BrFN3. The van der Waals surface area contributed by atoms with Crippen LogP contribution in [0.3, 0.4) is 0 Å². The number of nitrogens with zero attached hydrogens (tertiary/aromatic N) is 2. The van der Waals surface area contributed by atoms with Crippen LogP contribution in [0.2, 0.25) is 0 Å². The van der Waals surface area contributed by atoms with Gasteiger partial charge in [0.25, 0.3) is 0 Å². The molecule has 0 spiro atoms. The Morgan fingerprint density at radius 1 is 1.44 bits per heavy atom. The number of allylic oxidation sites excluding steroid dienone is 1. The second kappa shape index (κ2) is 5.89. The van der Waals surface area contributed by atoms with Gasteiger partial charge in [-0.1, -0.05) is 22.0 Å². The molecule has 0 fully saturated rings.